The Bertz CT molecular complexity index is 1390. The van der Waals surface area contributed by atoms with Crippen molar-refractivity contribution in [2.75, 3.05) is 0 Å². The predicted octanol–water partition coefficient (Wildman–Crippen LogP) is 3.87. The van der Waals surface area contributed by atoms with Crippen LogP contribution >= 0.6 is 0 Å². The summed E-state index contributed by atoms with van der Waals surface area (Å²) < 4.78 is 1.67. The van der Waals surface area contributed by atoms with Crippen molar-refractivity contribution in [3.8, 4) is 0 Å². The van der Waals surface area contributed by atoms with Gasteiger partial charge in [-0.25, -0.2) is 0 Å². The SMILES string of the molecule is Cc1ccc2c(c1)c(=O)cc1c3cccc4cccc(c(=O)n21)c43. The van der Waals surface area contributed by atoms with Crippen molar-refractivity contribution < 1.29 is 0 Å². The number of aromatic nitrogens is 1. The monoisotopic (exact) mass is 311 g/mol. The van der Waals surface area contributed by atoms with Gasteiger partial charge < -0.3 is 0 Å². The lowest BCUT2D eigenvalue weighted by atomic mass is 10.0. The van der Waals surface area contributed by atoms with Crippen molar-refractivity contribution in [3.05, 3.63) is 86.8 Å². The van der Waals surface area contributed by atoms with Gasteiger partial charge in [0, 0.05) is 27.6 Å². The molecule has 24 heavy (non-hydrogen) atoms. The molecule has 3 nitrogen and oxygen atoms in total. The van der Waals surface area contributed by atoms with E-state index >= 15 is 0 Å². The Morgan fingerprint density at radius 2 is 1.50 bits per heavy atom. The Morgan fingerprint density at radius 3 is 2.29 bits per heavy atom. The van der Waals surface area contributed by atoms with Gasteiger partial charge >= 0.3 is 0 Å². The fraction of sp³-hybridized carbons (Fsp3) is 0.0476. The third-order valence-electron chi connectivity index (χ3n) is 4.78. The minimum atomic E-state index is -0.0804. The van der Waals surface area contributed by atoms with Crippen LogP contribution in [0.15, 0.2) is 70.3 Å². The molecular formula is C21H13NO2. The third kappa shape index (κ3) is 1.56. The van der Waals surface area contributed by atoms with Crippen LogP contribution in [0.1, 0.15) is 5.56 Å². The maximum atomic E-state index is 13.2. The number of pyridine rings is 2. The van der Waals surface area contributed by atoms with Gasteiger partial charge in [-0.15, -0.1) is 0 Å². The van der Waals surface area contributed by atoms with Gasteiger partial charge in [0.1, 0.15) is 0 Å². The van der Waals surface area contributed by atoms with Crippen molar-refractivity contribution in [1.82, 2.24) is 4.40 Å². The number of nitrogens with zero attached hydrogens (tertiary/aromatic N) is 1. The molecule has 0 spiro atoms. The van der Waals surface area contributed by atoms with Crippen LogP contribution in [0, 0.1) is 6.92 Å². The summed E-state index contributed by atoms with van der Waals surface area (Å²) in [5, 5.41) is 4.14. The quantitative estimate of drug-likeness (QED) is 0.322. The lowest BCUT2D eigenvalue weighted by Gasteiger charge is -2.12. The zero-order valence-corrected chi connectivity index (χ0v) is 13.0. The maximum Gasteiger partial charge on any atom is 0.263 e. The summed E-state index contributed by atoms with van der Waals surface area (Å²) in [5.41, 5.74) is 2.21. The Hall–Kier alpha value is -3.20. The van der Waals surface area contributed by atoms with E-state index in [9.17, 15) is 9.59 Å². The summed E-state index contributed by atoms with van der Waals surface area (Å²) in [6, 6.07) is 18.9. The van der Waals surface area contributed by atoms with E-state index in [1.165, 1.54) is 0 Å². The summed E-state index contributed by atoms with van der Waals surface area (Å²) in [7, 11) is 0. The molecule has 0 aliphatic heterocycles. The minimum absolute atomic E-state index is 0.0517. The van der Waals surface area contributed by atoms with E-state index in [0.29, 0.717) is 21.8 Å². The molecule has 3 heteroatoms. The zero-order chi connectivity index (χ0) is 16.4. The molecule has 2 heterocycles. The van der Waals surface area contributed by atoms with Gasteiger partial charge in [-0.05, 0) is 30.5 Å². The van der Waals surface area contributed by atoms with Crippen LogP contribution in [0.25, 0.3) is 38.0 Å². The molecule has 0 saturated carbocycles. The van der Waals surface area contributed by atoms with Crippen LogP contribution in [0.4, 0.5) is 0 Å². The van der Waals surface area contributed by atoms with E-state index in [1.807, 2.05) is 61.5 Å². The fourth-order valence-electron chi connectivity index (χ4n) is 3.71. The molecule has 0 fully saturated rings. The lowest BCUT2D eigenvalue weighted by molar-refractivity contribution is 1.18. The zero-order valence-electron chi connectivity index (χ0n) is 13.0. The van der Waals surface area contributed by atoms with E-state index in [0.717, 1.165) is 21.7 Å². The van der Waals surface area contributed by atoms with Crippen LogP contribution in [-0.4, -0.2) is 4.40 Å². The van der Waals surface area contributed by atoms with Crippen molar-refractivity contribution in [2.24, 2.45) is 0 Å². The summed E-state index contributed by atoms with van der Waals surface area (Å²) >= 11 is 0. The van der Waals surface area contributed by atoms with Gasteiger partial charge in [0.25, 0.3) is 5.56 Å². The van der Waals surface area contributed by atoms with Crippen LogP contribution in [0.5, 0.6) is 0 Å². The summed E-state index contributed by atoms with van der Waals surface area (Å²) in [4.78, 5) is 25.8. The average molecular weight is 311 g/mol. The van der Waals surface area contributed by atoms with Crippen molar-refractivity contribution in [3.63, 3.8) is 0 Å². The van der Waals surface area contributed by atoms with Crippen molar-refractivity contribution in [1.29, 1.82) is 0 Å². The number of rotatable bonds is 0. The molecule has 0 aliphatic rings. The van der Waals surface area contributed by atoms with Gasteiger partial charge in [-0.2, -0.15) is 0 Å². The summed E-state index contributed by atoms with van der Waals surface area (Å²) in [6.07, 6.45) is 0. The molecule has 0 N–H and O–H groups in total. The third-order valence-corrected chi connectivity index (χ3v) is 4.78. The highest BCUT2D eigenvalue weighted by atomic mass is 16.1. The smallest absolute Gasteiger partial charge is 0.263 e. The first kappa shape index (κ1) is 13.3. The van der Waals surface area contributed by atoms with E-state index in [4.69, 9.17) is 0 Å². The lowest BCUT2D eigenvalue weighted by Crippen LogP contribution is -2.18. The van der Waals surface area contributed by atoms with Crippen LogP contribution in [-0.2, 0) is 0 Å². The summed E-state index contributed by atoms with van der Waals surface area (Å²) in [6.45, 7) is 1.95. The molecule has 3 aromatic carbocycles. The number of aryl methyl sites for hydroxylation is 1. The second kappa shape index (κ2) is 4.42. The molecule has 114 valence electrons. The minimum Gasteiger partial charge on any atom is -0.289 e. The van der Waals surface area contributed by atoms with E-state index < -0.39 is 0 Å². The van der Waals surface area contributed by atoms with Gasteiger partial charge in [0.2, 0.25) is 0 Å². The molecule has 0 atom stereocenters. The highest BCUT2D eigenvalue weighted by molar-refractivity contribution is 6.15. The van der Waals surface area contributed by atoms with E-state index in [2.05, 4.69) is 0 Å². The first-order valence-corrected chi connectivity index (χ1v) is 7.88. The molecular weight excluding hydrogens is 298 g/mol. The largest absolute Gasteiger partial charge is 0.289 e. The first-order valence-electron chi connectivity index (χ1n) is 7.88. The molecule has 2 aromatic heterocycles. The van der Waals surface area contributed by atoms with Crippen LogP contribution in [0.3, 0.4) is 0 Å². The average Bonchev–Trinajstić information content (AvgIpc) is 2.59. The van der Waals surface area contributed by atoms with Gasteiger partial charge in [-0.1, -0.05) is 42.0 Å². The Kier molecular flexibility index (Phi) is 2.44. The van der Waals surface area contributed by atoms with E-state index in [-0.39, 0.29) is 11.0 Å². The molecule has 5 rings (SSSR count). The maximum absolute atomic E-state index is 13.2. The number of hydrogen-bond acceptors (Lipinski definition) is 2. The van der Waals surface area contributed by atoms with Gasteiger partial charge in [-0.3, -0.25) is 14.0 Å². The highest BCUT2D eigenvalue weighted by Gasteiger charge is 2.14. The number of fused-ring (bicyclic) bond motifs is 4. The Balaban J connectivity index is 2.24. The molecule has 0 amide bonds. The Labute approximate surface area is 136 Å². The molecule has 0 aliphatic carbocycles. The van der Waals surface area contributed by atoms with Crippen LogP contribution in [0.2, 0.25) is 0 Å². The fourth-order valence-corrected chi connectivity index (χ4v) is 3.71. The second-order valence-electron chi connectivity index (χ2n) is 6.26. The molecule has 5 aromatic rings. The normalized spacial score (nSPS) is 11.9. The summed E-state index contributed by atoms with van der Waals surface area (Å²) in [5.74, 6) is 0. The predicted molar refractivity (Wildman–Crippen MR) is 98.4 cm³/mol. The molecule has 0 radical (unpaired) electrons. The molecule has 0 bridgehead atoms. The number of benzene rings is 3. The molecule has 0 unspecified atom stereocenters. The van der Waals surface area contributed by atoms with Crippen molar-refractivity contribution in [2.45, 2.75) is 6.92 Å². The van der Waals surface area contributed by atoms with Gasteiger partial charge in [0.15, 0.2) is 5.43 Å². The second-order valence-corrected chi connectivity index (χ2v) is 6.26. The van der Waals surface area contributed by atoms with Gasteiger partial charge in [0.05, 0.1) is 11.0 Å². The Morgan fingerprint density at radius 1 is 0.750 bits per heavy atom. The molecule has 0 saturated heterocycles. The topological polar surface area (TPSA) is 38.5 Å². The van der Waals surface area contributed by atoms with Crippen molar-refractivity contribution >= 4 is 38.0 Å². The van der Waals surface area contributed by atoms with Crippen LogP contribution < -0.4 is 11.0 Å². The highest BCUT2D eigenvalue weighted by Crippen LogP contribution is 2.28. The number of hydrogen-bond donors (Lipinski definition) is 0. The van der Waals surface area contributed by atoms with E-state index in [1.54, 1.807) is 10.5 Å². The first-order chi connectivity index (χ1) is 11.6. The standard InChI is InChI=1S/C21H13NO2/c1-12-8-9-17-16(10-12)19(23)11-18-14-6-2-4-13-5-3-7-15(20(13)14)21(24)22(17)18/h2-11H,1H3.